The normalized spacial score (nSPS) is 15.2. The van der Waals surface area contributed by atoms with Crippen LogP contribution in [0, 0.1) is 0 Å². The van der Waals surface area contributed by atoms with Crippen molar-refractivity contribution in [3.8, 4) is 0 Å². The number of benzene rings is 3. The largest absolute Gasteiger partial charge is 0.744 e. The fourth-order valence-corrected chi connectivity index (χ4v) is 17.0. The molecule has 1 fully saturated rings. The highest BCUT2D eigenvalue weighted by atomic mass is 32.2. The molecule has 3 amide bonds. The van der Waals surface area contributed by atoms with Gasteiger partial charge in [-0.15, -0.1) is 5.06 Å². The van der Waals surface area contributed by atoms with Crippen molar-refractivity contribution in [3.63, 3.8) is 0 Å². The van der Waals surface area contributed by atoms with E-state index in [-0.39, 0.29) is 61.1 Å². The van der Waals surface area contributed by atoms with Gasteiger partial charge in [-0.05, 0) is 106 Å². The highest BCUT2D eigenvalue weighted by Gasteiger charge is 2.46. The lowest BCUT2D eigenvalue weighted by molar-refractivity contribution is -0.777. The predicted octanol–water partition coefficient (Wildman–Crippen LogP) is 5.55. The lowest BCUT2D eigenvalue weighted by Gasteiger charge is -2.31. The van der Waals surface area contributed by atoms with Gasteiger partial charge in [0, 0.05) is 109 Å². The van der Waals surface area contributed by atoms with Crippen LogP contribution in [0.3, 0.4) is 0 Å². The zero-order valence-electron chi connectivity index (χ0n) is 84.2. The minimum atomic E-state index is -5.37. The average molecular weight is 2150 g/mol. The van der Waals surface area contributed by atoms with Crippen molar-refractivity contribution in [2.75, 3.05) is 348 Å². The van der Waals surface area contributed by atoms with Crippen molar-refractivity contribution < 1.29 is 197 Å². The molecular weight excluding hydrogens is 1990 g/mol. The zero-order chi connectivity index (χ0) is 104. The number of hydrogen-bond donors (Lipinski definition) is 1. The third-order valence-electron chi connectivity index (χ3n) is 22.0. The number of fused-ring (bicyclic) bond motifs is 4. The molecule has 0 radical (unpaired) electrons. The minimum absolute atomic E-state index is 0.0288. The number of hydroxylamine groups is 2. The van der Waals surface area contributed by atoms with Gasteiger partial charge in [-0.2, -0.15) is 13.2 Å². The summed E-state index contributed by atoms with van der Waals surface area (Å²) in [4.78, 5) is 55.8. The molecule has 3 aromatic rings. The highest BCUT2D eigenvalue weighted by molar-refractivity contribution is 7.94. The number of carbonyl (C=O) groups excluding carboxylic acids is 4. The SMILES string of the molecule is COCCOCCOCCOCCOCCOCCOCCOCCOCCOCCOCCOCCOCCOCCOCCOCCOCCOCCOCCOCCOCCOCCOCCOCCNC(=O)CCCCC[N+]1=C(C=CC=CC=C2N(CCCSOO[O-])c3ccc4c(S(=O)(=O)[O-])cc(S(=O)(=O)[O-])cc4c3C2(C)CCCCCC(=O)ON2C(=O)CCC2=O)C(C)(C)c2cc(SOO[O-])ccc21. The molecule has 3 heterocycles. The van der Waals surface area contributed by atoms with Crippen LogP contribution >= 0.6 is 24.1 Å². The van der Waals surface area contributed by atoms with E-state index in [0.717, 1.165) is 53.5 Å². The lowest BCUT2D eigenvalue weighted by Crippen LogP contribution is -2.32. The quantitative estimate of drug-likeness (QED) is 0.0106. The van der Waals surface area contributed by atoms with Crippen LogP contribution < -0.4 is 20.7 Å². The van der Waals surface area contributed by atoms with Crippen molar-refractivity contribution in [3.05, 3.63) is 89.7 Å². The summed E-state index contributed by atoms with van der Waals surface area (Å²) in [7, 11) is -9.06. The molecule has 49 heteroatoms. The van der Waals surface area contributed by atoms with Crippen LogP contribution in [0.1, 0.15) is 109 Å². The summed E-state index contributed by atoms with van der Waals surface area (Å²) in [5, 5.41) is 32.1. The molecule has 145 heavy (non-hydrogen) atoms. The Hall–Kier alpha value is -5.99. The molecule has 1 N–H and O–H groups in total. The van der Waals surface area contributed by atoms with Gasteiger partial charge in [0.15, 0.2) is 5.71 Å². The van der Waals surface area contributed by atoms with Crippen LogP contribution in [0.15, 0.2) is 93.2 Å². The Morgan fingerprint density at radius 3 is 1.24 bits per heavy atom. The summed E-state index contributed by atoms with van der Waals surface area (Å²) in [5.74, 6) is -1.87. The number of nitrogens with one attached hydrogen (secondary N) is 1. The van der Waals surface area contributed by atoms with E-state index in [2.05, 4.69) is 42.5 Å². The fourth-order valence-electron chi connectivity index (χ4n) is 14.9. The Labute approximate surface area is 860 Å². The summed E-state index contributed by atoms with van der Waals surface area (Å²) < 4.78 is 220. The molecular formula is C96H151N4O41S4-3. The molecule has 0 spiro atoms. The molecule has 0 aromatic heterocycles. The highest BCUT2D eigenvalue weighted by Crippen LogP contribution is 2.55. The summed E-state index contributed by atoms with van der Waals surface area (Å²) in [6.45, 7) is 28.6. The van der Waals surface area contributed by atoms with Gasteiger partial charge in [-0.3, -0.25) is 24.5 Å². The molecule has 3 aliphatic rings. The van der Waals surface area contributed by atoms with E-state index in [1.54, 1.807) is 19.3 Å². The minimum Gasteiger partial charge on any atom is -0.744 e. The summed E-state index contributed by atoms with van der Waals surface area (Å²) in [6, 6.07) is 10.3. The van der Waals surface area contributed by atoms with E-state index >= 15 is 0 Å². The van der Waals surface area contributed by atoms with Gasteiger partial charge >= 0.3 is 5.97 Å². The van der Waals surface area contributed by atoms with Crippen LogP contribution in [0.2, 0.25) is 0 Å². The molecule has 828 valence electrons. The first kappa shape index (κ1) is 128. The van der Waals surface area contributed by atoms with Gasteiger partial charge in [0.2, 0.25) is 11.6 Å². The van der Waals surface area contributed by atoms with E-state index in [1.807, 2.05) is 54.3 Å². The van der Waals surface area contributed by atoms with Gasteiger partial charge in [0.25, 0.3) is 11.8 Å². The Morgan fingerprint density at radius 1 is 0.441 bits per heavy atom. The molecule has 1 unspecified atom stereocenters. The van der Waals surface area contributed by atoms with Crippen molar-refractivity contribution in [1.29, 1.82) is 0 Å². The molecule has 3 aliphatic heterocycles. The number of imide groups is 1. The van der Waals surface area contributed by atoms with E-state index in [9.17, 15) is 55.6 Å². The van der Waals surface area contributed by atoms with Gasteiger partial charge in [0.05, 0.1) is 338 Å². The summed E-state index contributed by atoms with van der Waals surface area (Å²) in [6.07, 6.45) is 13.1. The monoisotopic (exact) mass is 2140 g/mol. The Balaban J connectivity index is 0.700. The number of rotatable bonds is 99. The van der Waals surface area contributed by atoms with Crippen molar-refractivity contribution >= 4 is 95.9 Å². The van der Waals surface area contributed by atoms with Gasteiger partial charge < -0.3 is 148 Å². The van der Waals surface area contributed by atoms with Crippen molar-refractivity contribution in [2.24, 2.45) is 0 Å². The topological polar surface area (TPSA) is 518 Å². The Morgan fingerprint density at radius 2 is 0.841 bits per heavy atom. The van der Waals surface area contributed by atoms with Crippen LogP contribution in [0.25, 0.3) is 10.8 Å². The number of ether oxygens (including phenoxy) is 24. The number of anilines is 1. The third kappa shape index (κ3) is 55.2. The second kappa shape index (κ2) is 80.8. The molecule has 0 bridgehead atoms. The predicted molar refractivity (Wildman–Crippen MR) is 520 cm³/mol. The van der Waals surface area contributed by atoms with Crippen LogP contribution in [-0.2, 0) is 188 Å². The average Bonchev–Trinajstić information content (AvgIpc) is 1.56. The van der Waals surface area contributed by atoms with E-state index in [4.69, 9.17) is 119 Å². The van der Waals surface area contributed by atoms with Crippen LogP contribution in [0.4, 0.5) is 11.4 Å². The van der Waals surface area contributed by atoms with Crippen molar-refractivity contribution in [1.82, 2.24) is 10.4 Å². The maximum absolute atomic E-state index is 12.9. The van der Waals surface area contributed by atoms with E-state index < -0.39 is 58.6 Å². The standard InChI is InChI=1S/C96H154N4O41S4/c1-95(2)84-77-80(143-141-139-106)19-21-85(84)98(88(95)15-8-5-9-16-89-96(3,25-12-6-11-18-93(104)137-100-91(102)23-24-92(100)103)94-83-78-81(144(107,108)109)79-87(145(110,111)112)82(83)20-22-86(94)99(89)28-14-76-142-140-138-105)27-13-7-10-17-90(101)97-26-29-114-32-33-116-36-37-118-40-41-120-44-45-122-48-49-124-52-53-126-56-57-128-60-61-130-64-65-132-68-69-134-72-73-136-75-74-135-71-70-133-67-66-131-63-62-129-59-58-127-55-54-125-51-50-123-47-46-121-43-42-119-39-38-117-35-34-115-31-30-113-4/h5,8-9,15-16,19-22,77-79H,6-7,10-14,17-18,23-76H2,1-4H3,(H4-,97,101,105,106,107,108,109,110,111,112)/p-3. The Kier molecular flexibility index (Phi) is 71.2. The number of nitrogens with zero attached hydrogens (tertiary/aromatic N) is 3. The first-order chi connectivity index (χ1) is 70.7. The van der Waals surface area contributed by atoms with Crippen LogP contribution in [0.5, 0.6) is 0 Å². The first-order valence-electron chi connectivity index (χ1n) is 49.1. The second-order valence-electron chi connectivity index (χ2n) is 32.9. The molecule has 6 rings (SSSR count). The fraction of sp³-hybridized carbons (Fsp3) is 0.719. The molecule has 1 saturated heterocycles. The number of unbranched alkanes of at least 4 members (excludes halogenated alkanes) is 4. The number of methoxy groups -OCH3 is 1. The zero-order valence-corrected chi connectivity index (χ0v) is 87.5. The first-order valence-corrected chi connectivity index (χ1v) is 53.6. The number of carbonyl (C=O) groups is 4. The molecule has 3 aromatic carbocycles. The van der Waals surface area contributed by atoms with Crippen LogP contribution in [-0.4, -0.2) is 408 Å². The maximum Gasteiger partial charge on any atom is 0.333 e. The van der Waals surface area contributed by atoms with E-state index in [1.165, 1.54) is 6.07 Å². The molecule has 1 atom stereocenters. The molecule has 0 aliphatic carbocycles. The second-order valence-corrected chi connectivity index (χ2v) is 37.2. The Bertz CT molecular complexity index is 4340. The van der Waals surface area contributed by atoms with E-state index in [0.29, 0.717) is 395 Å². The van der Waals surface area contributed by atoms with Gasteiger partial charge in [-0.1, -0.05) is 37.1 Å². The molecule has 0 saturated carbocycles. The third-order valence-corrected chi connectivity index (χ3v) is 24.8. The van der Waals surface area contributed by atoms with Gasteiger partial charge in [-0.25, -0.2) is 21.6 Å². The summed E-state index contributed by atoms with van der Waals surface area (Å²) >= 11 is 1.54. The molecule has 45 nitrogen and oxygen atoms in total. The lowest BCUT2D eigenvalue weighted by atomic mass is 9.75. The smallest absolute Gasteiger partial charge is 0.333 e. The maximum atomic E-state index is 12.9. The number of hydrogen-bond acceptors (Lipinski definition) is 44. The van der Waals surface area contributed by atoms with Crippen molar-refractivity contribution in [2.45, 2.75) is 123 Å². The summed E-state index contributed by atoms with van der Waals surface area (Å²) in [5.41, 5.74) is 2.60. The number of allylic oxidation sites excluding steroid dienone is 6. The number of amides is 3. The van der Waals surface area contributed by atoms with Gasteiger partial charge in [0.1, 0.15) is 26.8 Å².